The van der Waals surface area contributed by atoms with Gasteiger partial charge in [0.1, 0.15) is 0 Å². The van der Waals surface area contributed by atoms with Crippen molar-refractivity contribution in [2.45, 2.75) is 39.0 Å². The molecule has 0 aromatic carbocycles. The summed E-state index contributed by atoms with van der Waals surface area (Å²) in [5.74, 6) is -0.833. The van der Waals surface area contributed by atoms with Crippen molar-refractivity contribution in [2.24, 2.45) is 5.41 Å². The number of esters is 1. The van der Waals surface area contributed by atoms with Crippen molar-refractivity contribution in [3.8, 4) is 0 Å². The van der Waals surface area contributed by atoms with Crippen LogP contribution in [0.3, 0.4) is 0 Å². The highest BCUT2D eigenvalue weighted by Crippen LogP contribution is 2.46. The van der Waals surface area contributed by atoms with Gasteiger partial charge in [-0.25, -0.2) is 4.79 Å². The lowest BCUT2D eigenvalue weighted by Crippen LogP contribution is -2.21. The van der Waals surface area contributed by atoms with Crippen molar-refractivity contribution in [2.75, 3.05) is 13.2 Å². The third-order valence-corrected chi connectivity index (χ3v) is 3.83. The molecule has 0 bridgehead atoms. The topological polar surface area (TPSA) is 81.5 Å². The maximum atomic E-state index is 11.6. The summed E-state index contributed by atoms with van der Waals surface area (Å²) in [5.41, 5.74) is 0.157. The highest BCUT2D eigenvalue weighted by atomic mass is 16.6. The summed E-state index contributed by atoms with van der Waals surface area (Å²) >= 11 is 0. The first kappa shape index (κ1) is 12.9. The number of nitrogens with one attached hydrogen (secondary N) is 1. The van der Waals surface area contributed by atoms with Gasteiger partial charge in [0.05, 0.1) is 17.2 Å². The molecule has 0 aromatic heterocycles. The van der Waals surface area contributed by atoms with Gasteiger partial charge in [-0.3, -0.25) is 10.1 Å². The largest absolute Gasteiger partial charge is 0.458 e. The molecule has 1 aliphatic carbocycles. The number of nitro groups is 1. The minimum atomic E-state index is -0.833. The fourth-order valence-electron chi connectivity index (χ4n) is 2.95. The zero-order valence-corrected chi connectivity index (χ0v) is 10.5. The molecule has 0 atom stereocenters. The normalized spacial score (nSPS) is 23.8. The third-order valence-electron chi connectivity index (χ3n) is 3.83. The van der Waals surface area contributed by atoms with Crippen LogP contribution < -0.4 is 5.32 Å². The van der Waals surface area contributed by atoms with Crippen LogP contribution in [-0.2, 0) is 9.53 Å². The third kappa shape index (κ3) is 2.32. The van der Waals surface area contributed by atoms with E-state index < -0.39 is 16.6 Å². The summed E-state index contributed by atoms with van der Waals surface area (Å²) in [6.45, 7) is 2.52. The smallest absolute Gasteiger partial charge is 0.411 e. The van der Waals surface area contributed by atoms with Gasteiger partial charge >= 0.3 is 11.7 Å². The van der Waals surface area contributed by atoms with Gasteiger partial charge in [0.25, 0.3) is 0 Å². The van der Waals surface area contributed by atoms with E-state index in [0.29, 0.717) is 12.1 Å². The van der Waals surface area contributed by atoms with E-state index in [9.17, 15) is 14.9 Å². The Balaban J connectivity index is 2.22. The van der Waals surface area contributed by atoms with Gasteiger partial charge in [-0.05, 0) is 25.2 Å². The van der Waals surface area contributed by atoms with Crippen molar-refractivity contribution in [1.29, 1.82) is 0 Å². The van der Waals surface area contributed by atoms with Crippen molar-refractivity contribution in [3.05, 3.63) is 21.5 Å². The SMILES string of the molecule is CCOC(=O)C(=C1CC2(CCCC2)CN1)[N+](=O)[O-]. The minimum Gasteiger partial charge on any atom is -0.458 e. The highest BCUT2D eigenvalue weighted by molar-refractivity contribution is 5.86. The molecule has 1 heterocycles. The molecule has 2 aliphatic rings. The summed E-state index contributed by atoms with van der Waals surface area (Å²) in [4.78, 5) is 22.0. The summed E-state index contributed by atoms with van der Waals surface area (Å²) in [6.07, 6.45) is 5.10. The van der Waals surface area contributed by atoms with Crippen LogP contribution >= 0.6 is 0 Å². The zero-order valence-electron chi connectivity index (χ0n) is 10.5. The molecule has 0 aromatic rings. The van der Waals surface area contributed by atoms with Gasteiger partial charge in [-0.1, -0.05) is 12.8 Å². The molecule has 1 saturated carbocycles. The number of allylic oxidation sites excluding steroid dienone is 1. The predicted octanol–water partition coefficient (Wildman–Crippen LogP) is 1.59. The van der Waals surface area contributed by atoms with Crippen LogP contribution in [0.2, 0.25) is 0 Å². The van der Waals surface area contributed by atoms with Gasteiger partial charge in [0.2, 0.25) is 0 Å². The van der Waals surface area contributed by atoms with E-state index in [1.54, 1.807) is 6.92 Å². The Morgan fingerprint density at radius 2 is 2.17 bits per heavy atom. The van der Waals surface area contributed by atoms with E-state index >= 15 is 0 Å². The fourth-order valence-corrected chi connectivity index (χ4v) is 2.95. The second-order valence-corrected chi connectivity index (χ2v) is 5.04. The molecule has 18 heavy (non-hydrogen) atoms. The Morgan fingerprint density at radius 3 is 2.72 bits per heavy atom. The van der Waals surface area contributed by atoms with Gasteiger partial charge in [-0.15, -0.1) is 0 Å². The van der Waals surface area contributed by atoms with Gasteiger partial charge in [0.15, 0.2) is 0 Å². The molecule has 1 aliphatic heterocycles. The first-order chi connectivity index (χ1) is 8.58. The monoisotopic (exact) mass is 254 g/mol. The molecule has 100 valence electrons. The molecule has 1 N–H and O–H groups in total. The van der Waals surface area contributed by atoms with E-state index in [4.69, 9.17) is 4.74 Å². The van der Waals surface area contributed by atoms with E-state index in [1.807, 2.05) is 0 Å². The van der Waals surface area contributed by atoms with Gasteiger partial charge < -0.3 is 10.1 Å². The van der Waals surface area contributed by atoms with E-state index in [1.165, 1.54) is 12.8 Å². The first-order valence-corrected chi connectivity index (χ1v) is 6.36. The Bertz CT molecular complexity index is 397. The lowest BCUT2D eigenvalue weighted by molar-refractivity contribution is -0.422. The molecule has 1 saturated heterocycles. The Hall–Kier alpha value is -1.59. The molecule has 1 spiro atoms. The molecular formula is C12H18N2O4. The zero-order chi connectivity index (χ0) is 13.2. The Kier molecular flexibility index (Phi) is 3.54. The molecule has 6 heteroatoms. The van der Waals surface area contributed by atoms with Crippen molar-refractivity contribution in [1.82, 2.24) is 5.32 Å². The molecule has 0 unspecified atom stereocenters. The van der Waals surface area contributed by atoms with Crippen molar-refractivity contribution >= 4 is 5.97 Å². The Morgan fingerprint density at radius 1 is 1.50 bits per heavy atom. The summed E-state index contributed by atoms with van der Waals surface area (Å²) in [5, 5.41) is 14.1. The summed E-state index contributed by atoms with van der Waals surface area (Å²) < 4.78 is 4.75. The molecule has 0 radical (unpaired) electrons. The average molecular weight is 254 g/mol. The lowest BCUT2D eigenvalue weighted by atomic mass is 9.85. The number of carbonyl (C=O) groups excluding carboxylic acids is 1. The number of carbonyl (C=O) groups is 1. The van der Waals surface area contributed by atoms with Crippen LogP contribution in [0.4, 0.5) is 0 Å². The van der Waals surface area contributed by atoms with E-state index in [0.717, 1.165) is 19.4 Å². The highest BCUT2D eigenvalue weighted by Gasteiger charge is 2.43. The predicted molar refractivity (Wildman–Crippen MR) is 64.2 cm³/mol. The van der Waals surface area contributed by atoms with Crippen LogP contribution in [0.25, 0.3) is 0 Å². The van der Waals surface area contributed by atoms with E-state index in [-0.39, 0.29) is 12.0 Å². The van der Waals surface area contributed by atoms with Gasteiger partial charge in [-0.2, -0.15) is 0 Å². The fraction of sp³-hybridized carbons (Fsp3) is 0.750. The quantitative estimate of drug-likeness (QED) is 0.358. The van der Waals surface area contributed by atoms with Crippen LogP contribution in [0.1, 0.15) is 39.0 Å². The van der Waals surface area contributed by atoms with E-state index in [2.05, 4.69) is 5.32 Å². The standard InChI is InChI=1S/C12H18N2O4/c1-2-18-11(15)10(14(16)17)9-7-12(8-13-9)5-3-4-6-12/h13H,2-8H2,1H3. The first-order valence-electron chi connectivity index (χ1n) is 6.36. The number of nitrogens with zero attached hydrogens (tertiary/aromatic N) is 1. The van der Waals surface area contributed by atoms with Crippen molar-refractivity contribution in [3.63, 3.8) is 0 Å². The molecule has 2 fully saturated rings. The second-order valence-electron chi connectivity index (χ2n) is 5.04. The lowest BCUT2D eigenvalue weighted by Gasteiger charge is -2.19. The number of rotatable bonds is 3. The average Bonchev–Trinajstić information content (AvgIpc) is 2.90. The summed E-state index contributed by atoms with van der Waals surface area (Å²) in [6, 6.07) is 0. The maximum absolute atomic E-state index is 11.6. The molecular weight excluding hydrogens is 236 g/mol. The molecule has 2 rings (SSSR count). The van der Waals surface area contributed by atoms with Crippen LogP contribution in [0, 0.1) is 15.5 Å². The number of hydrogen-bond acceptors (Lipinski definition) is 5. The second kappa shape index (κ2) is 4.96. The minimum absolute atomic E-state index is 0.128. The molecule has 6 nitrogen and oxygen atoms in total. The Labute approximate surface area is 106 Å². The van der Waals surface area contributed by atoms with Crippen molar-refractivity contribution < 1.29 is 14.5 Å². The number of ether oxygens (including phenoxy) is 1. The van der Waals surface area contributed by atoms with Gasteiger partial charge in [0, 0.05) is 13.0 Å². The maximum Gasteiger partial charge on any atom is 0.411 e. The number of hydrogen-bond donors (Lipinski definition) is 1. The summed E-state index contributed by atoms with van der Waals surface area (Å²) in [7, 11) is 0. The molecule has 0 amide bonds. The van der Waals surface area contributed by atoms with Crippen LogP contribution in [-0.4, -0.2) is 24.0 Å². The van der Waals surface area contributed by atoms with Crippen LogP contribution in [0.5, 0.6) is 0 Å². The van der Waals surface area contributed by atoms with Crippen LogP contribution in [0.15, 0.2) is 11.4 Å².